The lowest BCUT2D eigenvalue weighted by molar-refractivity contribution is -0.139. The number of aliphatic hydroxyl groups is 1. The van der Waals surface area contributed by atoms with Crippen LogP contribution in [0.5, 0.6) is 5.75 Å². The molecule has 2 aliphatic heterocycles. The van der Waals surface area contributed by atoms with Gasteiger partial charge in [0.25, 0.3) is 0 Å². The third-order valence-electron chi connectivity index (χ3n) is 6.89. The van der Waals surface area contributed by atoms with Gasteiger partial charge >= 0.3 is 5.97 Å². The van der Waals surface area contributed by atoms with Crippen LogP contribution >= 0.6 is 11.5 Å². The highest BCUT2D eigenvalue weighted by Crippen LogP contribution is 2.39. The molecule has 1 saturated heterocycles. The number of carbonyl (C=O) groups excluding carboxylic acids is 1. The maximum absolute atomic E-state index is 13.0. The zero-order valence-electron chi connectivity index (χ0n) is 22.6. The molecule has 2 aliphatic rings. The number of carboxylic acid groups (broad SMARTS) is 1. The Balaban J connectivity index is 1.19. The van der Waals surface area contributed by atoms with Gasteiger partial charge in [-0.05, 0) is 30.7 Å². The number of rotatable bonds is 13. The van der Waals surface area contributed by atoms with E-state index in [-0.39, 0.29) is 18.0 Å². The summed E-state index contributed by atoms with van der Waals surface area (Å²) in [6.45, 7) is 4.62. The van der Waals surface area contributed by atoms with Crippen molar-refractivity contribution in [2.24, 2.45) is 11.8 Å². The van der Waals surface area contributed by atoms with Crippen LogP contribution in [0.3, 0.4) is 0 Å². The number of carboxylic acids is 1. The molecule has 0 radical (unpaired) electrons. The summed E-state index contributed by atoms with van der Waals surface area (Å²) in [5.74, 6) is -0.854. The molecule has 2 unspecified atom stereocenters. The fourth-order valence-corrected chi connectivity index (χ4v) is 5.20. The molecule has 0 aliphatic carbocycles. The first-order valence-electron chi connectivity index (χ1n) is 13.0. The van der Waals surface area contributed by atoms with Crippen LogP contribution in [-0.2, 0) is 14.3 Å². The molecule has 3 aromatic rings. The maximum Gasteiger partial charge on any atom is 0.316 e. The number of fused-ring (bicyclic) bond motifs is 1. The highest BCUT2D eigenvalue weighted by Gasteiger charge is 2.41. The summed E-state index contributed by atoms with van der Waals surface area (Å²) in [6, 6.07) is 5.28. The van der Waals surface area contributed by atoms with Crippen LogP contribution in [0.25, 0.3) is 0 Å². The van der Waals surface area contributed by atoms with Gasteiger partial charge in [0, 0.05) is 44.2 Å². The second-order valence-corrected chi connectivity index (χ2v) is 10.4. The lowest BCUT2D eigenvalue weighted by atomic mass is 9.90. The monoisotopic (exact) mass is 585 g/mol. The third kappa shape index (κ3) is 6.37. The Hall–Kier alpha value is -3.92. The van der Waals surface area contributed by atoms with Crippen LogP contribution in [0, 0.1) is 18.8 Å². The molecular weight excluding hydrogens is 554 g/mol. The minimum Gasteiger partial charge on any atom is -0.490 e. The van der Waals surface area contributed by atoms with Gasteiger partial charge in [0.05, 0.1) is 31.6 Å². The van der Waals surface area contributed by atoms with Crippen LogP contribution in [-0.4, -0.2) is 101 Å². The summed E-state index contributed by atoms with van der Waals surface area (Å²) in [5.41, 5.74) is 0.907. The molecule has 15 heteroatoms. The molecule has 3 N–H and O–H groups in total. The van der Waals surface area contributed by atoms with Crippen LogP contribution in [0.15, 0.2) is 30.7 Å². The largest absolute Gasteiger partial charge is 0.490 e. The number of pyridine rings is 2. The quantitative estimate of drug-likeness (QED) is 0.150. The molecule has 0 spiro atoms. The van der Waals surface area contributed by atoms with Crippen molar-refractivity contribution in [1.82, 2.24) is 19.3 Å². The van der Waals surface area contributed by atoms with Gasteiger partial charge < -0.3 is 34.6 Å². The van der Waals surface area contributed by atoms with Gasteiger partial charge in [-0.25, -0.2) is 15.0 Å². The first-order chi connectivity index (χ1) is 19.9. The highest BCUT2D eigenvalue weighted by molar-refractivity contribution is 7.09. The van der Waals surface area contributed by atoms with Gasteiger partial charge in [-0.3, -0.25) is 14.5 Å². The Morgan fingerprint density at radius 1 is 1.20 bits per heavy atom. The Morgan fingerprint density at radius 3 is 2.68 bits per heavy atom. The topological polar surface area (TPSA) is 172 Å². The normalized spacial score (nSPS) is 17.6. The van der Waals surface area contributed by atoms with E-state index in [9.17, 15) is 19.8 Å². The van der Waals surface area contributed by atoms with Crippen LogP contribution < -0.4 is 19.9 Å². The van der Waals surface area contributed by atoms with E-state index in [2.05, 4.69) is 19.7 Å². The second kappa shape index (κ2) is 12.7. The highest BCUT2D eigenvalue weighted by atomic mass is 32.1. The third-order valence-corrected chi connectivity index (χ3v) is 7.58. The number of anilines is 4. The lowest BCUT2D eigenvalue weighted by Crippen LogP contribution is -2.54. The SMILES string of the molecule is COCCOCCOc1ccc(NC(O)C2CN(c3cc(C)c4c(n3)N(c3ncns3)CC(C(=O)O)C4=O)C2)nc1. The predicted molar refractivity (Wildman–Crippen MR) is 149 cm³/mol. The van der Waals surface area contributed by atoms with Crippen molar-refractivity contribution in [1.29, 1.82) is 0 Å². The predicted octanol–water partition coefficient (Wildman–Crippen LogP) is 1.58. The summed E-state index contributed by atoms with van der Waals surface area (Å²) in [6.07, 6.45) is 2.12. The van der Waals surface area contributed by atoms with Crippen LogP contribution in [0.1, 0.15) is 15.9 Å². The minimum absolute atomic E-state index is 0.0729. The average Bonchev–Trinajstić information content (AvgIpc) is 3.45. The standard InChI is InChI=1S/C26H31N7O7S/c1-15-9-20(31-23-21(15)22(34)18(25(36)37)13-33(23)26-28-14-29-41-26)32-11-16(12-32)24(35)30-19-4-3-17(10-27-19)40-8-7-39-6-5-38-2/h3-4,9-10,14,16,18,24,35H,5-8,11-13H2,1-2H3,(H,27,30)(H,36,37). The number of ketones is 1. The zero-order chi connectivity index (χ0) is 28.9. The summed E-state index contributed by atoms with van der Waals surface area (Å²) in [5, 5.41) is 23.9. The van der Waals surface area contributed by atoms with Gasteiger partial charge in [0.15, 0.2) is 5.78 Å². The number of aryl methyl sites for hydroxylation is 1. The van der Waals surface area contributed by atoms with Crippen molar-refractivity contribution in [2.45, 2.75) is 13.2 Å². The summed E-state index contributed by atoms with van der Waals surface area (Å²) in [4.78, 5) is 41.7. The van der Waals surface area contributed by atoms with Crippen molar-refractivity contribution in [3.05, 3.63) is 41.9 Å². The minimum atomic E-state index is -1.22. The van der Waals surface area contributed by atoms with E-state index < -0.39 is 23.9 Å². The first-order valence-corrected chi connectivity index (χ1v) is 13.8. The molecule has 1 fully saturated rings. The van der Waals surface area contributed by atoms with Gasteiger partial charge in [-0.2, -0.15) is 4.37 Å². The molecule has 0 bridgehead atoms. The fraction of sp³-hybridized carbons (Fsp3) is 0.462. The number of hydrogen-bond acceptors (Lipinski definition) is 14. The maximum atomic E-state index is 13.0. The number of hydrogen-bond donors (Lipinski definition) is 3. The van der Waals surface area contributed by atoms with Gasteiger partial charge in [-0.1, -0.05) is 0 Å². The number of nitrogens with zero attached hydrogens (tertiary/aromatic N) is 6. The van der Waals surface area contributed by atoms with Gasteiger partial charge in [0.2, 0.25) is 5.13 Å². The molecule has 218 valence electrons. The summed E-state index contributed by atoms with van der Waals surface area (Å²) in [7, 11) is 1.62. The van der Waals surface area contributed by atoms with E-state index in [4.69, 9.17) is 19.2 Å². The van der Waals surface area contributed by atoms with E-state index in [0.717, 1.165) is 11.5 Å². The van der Waals surface area contributed by atoms with Crippen molar-refractivity contribution in [3.8, 4) is 5.75 Å². The van der Waals surface area contributed by atoms with E-state index in [1.807, 2.05) is 4.90 Å². The van der Waals surface area contributed by atoms with E-state index in [1.165, 1.54) is 6.33 Å². The smallest absolute Gasteiger partial charge is 0.316 e. The molecule has 2 atom stereocenters. The summed E-state index contributed by atoms with van der Waals surface area (Å²) < 4.78 is 19.9. The zero-order valence-corrected chi connectivity index (χ0v) is 23.4. The molecule has 14 nitrogen and oxygen atoms in total. The Kier molecular flexibility index (Phi) is 8.87. The van der Waals surface area contributed by atoms with Crippen LogP contribution in [0.4, 0.5) is 22.6 Å². The van der Waals surface area contributed by atoms with Crippen molar-refractivity contribution < 1.29 is 34.0 Å². The van der Waals surface area contributed by atoms with Crippen molar-refractivity contribution in [2.75, 3.05) is 68.3 Å². The van der Waals surface area contributed by atoms with Crippen molar-refractivity contribution >= 4 is 45.9 Å². The van der Waals surface area contributed by atoms with Gasteiger partial charge in [0.1, 0.15) is 48.3 Å². The Morgan fingerprint density at radius 2 is 2.00 bits per heavy atom. The van der Waals surface area contributed by atoms with Crippen LogP contribution in [0.2, 0.25) is 0 Å². The molecule has 0 saturated carbocycles. The number of aliphatic carboxylic acids is 1. The van der Waals surface area contributed by atoms with E-state index in [0.29, 0.717) is 73.4 Å². The number of Topliss-reactive ketones (excluding diaryl/α,β-unsaturated/α-hetero) is 1. The van der Waals surface area contributed by atoms with E-state index in [1.54, 1.807) is 43.3 Å². The molecule has 41 heavy (non-hydrogen) atoms. The molecule has 0 amide bonds. The van der Waals surface area contributed by atoms with E-state index >= 15 is 0 Å². The number of ether oxygens (including phenoxy) is 3. The molecule has 0 aromatic carbocycles. The van der Waals surface area contributed by atoms with Gasteiger partial charge in [-0.15, -0.1) is 0 Å². The molecular formula is C26H31N7O7S. The number of aliphatic hydroxyl groups excluding tert-OH is 1. The van der Waals surface area contributed by atoms with Crippen molar-refractivity contribution in [3.63, 3.8) is 0 Å². The second-order valence-electron chi connectivity index (χ2n) is 9.67. The first kappa shape index (κ1) is 28.6. The molecule has 5 rings (SSSR count). The molecule has 5 heterocycles. The number of aromatic nitrogens is 4. The summed E-state index contributed by atoms with van der Waals surface area (Å²) >= 11 is 1.10. The Labute approximate surface area is 240 Å². The number of methoxy groups -OCH3 is 1. The lowest BCUT2D eigenvalue weighted by Gasteiger charge is -2.43. The fourth-order valence-electron chi connectivity index (χ4n) is 4.65. The number of carbonyl (C=O) groups is 2. The average molecular weight is 586 g/mol. The Bertz CT molecular complexity index is 1350. The number of nitrogens with one attached hydrogen (secondary N) is 1. The molecule has 3 aromatic heterocycles.